The van der Waals surface area contributed by atoms with E-state index < -0.39 is 17.8 Å². The number of rotatable bonds is 4. The Labute approximate surface area is 151 Å². The summed E-state index contributed by atoms with van der Waals surface area (Å²) in [6.07, 6.45) is -2.95. The molecule has 2 heterocycles. The quantitative estimate of drug-likeness (QED) is 0.748. The molecule has 1 aromatic carbocycles. The van der Waals surface area contributed by atoms with Crippen molar-refractivity contribution < 1.29 is 18.0 Å². The molecule has 3 aromatic rings. The summed E-state index contributed by atoms with van der Waals surface area (Å²) in [6.45, 7) is 0.429. The van der Waals surface area contributed by atoms with Crippen molar-refractivity contribution in [3.8, 4) is 0 Å². The van der Waals surface area contributed by atoms with Gasteiger partial charge in [-0.1, -0.05) is 23.7 Å². The molecule has 0 unspecified atom stereocenters. The first kappa shape index (κ1) is 18.0. The van der Waals surface area contributed by atoms with E-state index in [1.807, 2.05) is 12.1 Å². The lowest BCUT2D eigenvalue weighted by atomic mass is 10.2. The highest BCUT2D eigenvalue weighted by Gasteiger charge is 2.35. The molecule has 0 aliphatic carbocycles. The molecular weight excluding hydrogens is 371 g/mol. The van der Waals surface area contributed by atoms with Crippen molar-refractivity contribution in [2.75, 3.05) is 5.32 Å². The number of nitrogens with zero attached hydrogens (tertiary/aromatic N) is 4. The Morgan fingerprint density at radius 2 is 2.00 bits per heavy atom. The van der Waals surface area contributed by atoms with Crippen LogP contribution in [0.1, 0.15) is 21.7 Å². The van der Waals surface area contributed by atoms with Gasteiger partial charge in [0.05, 0.1) is 6.54 Å². The monoisotopic (exact) mass is 383 g/mol. The number of carbonyl (C=O) groups excluding carboxylic acids is 1. The topological polar surface area (TPSA) is 64.7 Å². The lowest BCUT2D eigenvalue weighted by Gasteiger charge is -2.04. The zero-order valence-corrected chi connectivity index (χ0v) is 14.2. The summed E-state index contributed by atoms with van der Waals surface area (Å²) in [4.78, 5) is 12.1. The van der Waals surface area contributed by atoms with Crippen LogP contribution in [0.25, 0.3) is 0 Å². The van der Waals surface area contributed by atoms with Crippen LogP contribution in [-0.4, -0.2) is 25.5 Å². The van der Waals surface area contributed by atoms with Gasteiger partial charge in [0, 0.05) is 30.4 Å². The van der Waals surface area contributed by atoms with Crippen molar-refractivity contribution in [1.29, 1.82) is 0 Å². The van der Waals surface area contributed by atoms with Crippen molar-refractivity contribution in [3.63, 3.8) is 0 Å². The molecule has 3 rings (SSSR count). The third kappa shape index (κ3) is 4.05. The minimum absolute atomic E-state index is 0.205. The fourth-order valence-corrected chi connectivity index (χ4v) is 2.58. The van der Waals surface area contributed by atoms with Crippen LogP contribution in [-0.2, 0) is 19.8 Å². The Kier molecular flexibility index (Phi) is 4.73. The standard InChI is InChI=1S/C16H13ClF3N5O/c1-24-13(16(18,19)20)8-12(22-24)15(26)21-14-5-6-25(23-14)9-10-3-2-4-11(17)7-10/h2-8H,9H2,1H3,(H,21,23,26). The molecule has 0 aliphatic heterocycles. The molecule has 0 aliphatic rings. The van der Waals surface area contributed by atoms with Gasteiger partial charge in [-0.3, -0.25) is 14.2 Å². The summed E-state index contributed by atoms with van der Waals surface area (Å²) in [5, 5.41) is 10.8. The number of alkyl halides is 3. The lowest BCUT2D eigenvalue weighted by Crippen LogP contribution is -2.14. The third-order valence-corrected chi connectivity index (χ3v) is 3.75. The Morgan fingerprint density at radius 3 is 2.65 bits per heavy atom. The number of aryl methyl sites for hydroxylation is 1. The minimum Gasteiger partial charge on any atom is -0.304 e. The first-order valence-corrected chi connectivity index (χ1v) is 7.80. The van der Waals surface area contributed by atoms with E-state index in [2.05, 4.69) is 15.5 Å². The third-order valence-electron chi connectivity index (χ3n) is 3.52. The molecule has 0 saturated heterocycles. The summed E-state index contributed by atoms with van der Waals surface area (Å²) >= 11 is 5.92. The smallest absolute Gasteiger partial charge is 0.304 e. The van der Waals surface area contributed by atoms with Crippen molar-refractivity contribution in [3.05, 3.63) is 64.6 Å². The summed E-state index contributed by atoms with van der Waals surface area (Å²) in [7, 11) is 1.12. The summed E-state index contributed by atoms with van der Waals surface area (Å²) < 4.78 is 40.5. The maximum atomic E-state index is 12.8. The van der Waals surface area contributed by atoms with E-state index in [0.717, 1.165) is 12.6 Å². The van der Waals surface area contributed by atoms with Gasteiger partial charge in [0.15, 0.2) is 11.5 Å². The molecule has 0 atom stereocenters. The fraction of sp³-hybridized carbons (Fsp3) is 0.188. The van der Waals surface area contributed by atoms with E-state index in [1.54, 1.807) is 23.0 Å². The number of benzene rings is 1. The van der Waals surface area contributed by atoms with E-state index in [4.69, 9.17) is 11.6 Å². The maximum Gasteiger partial charge on any atom is 0.433 e. The first-order valence-electron chi connectivity index (χ1n) is 7.43. The van der Waals surface area contributed by atoms with Crippen LogP contribution in [0.3, 0.4) is 0 Å². The second kappa shape index (κ2) is 6.83. The predicted octanol–water partition coefficient (Wildman–Crippen LogP) is 3.59. The molecule has 26 heavy (non-hydrogen) atoms. The number of nitrogens with one attached hydrogen (secondary N) is 1. The molecule has 10 heteroatoms. The number of hydrogen-bond donors (Lipinski definition) is 1. The van der Waals surface area contributed by atoms with Crippen LogP contribution >= 0.6 is 11.6 Å². The molecule has 0 fully saturated rings. The summed E-state index contributed by atoms with van der Waals surface area (Å²) in [5.74, 6) is -0.569. The second-order valence-electron chi connectivity index (χ2n) is 5.52. The second-order valence-corrected chi connectivity index (χ2v) is 5.96. The number of halogens is 4. The average Bonchev–Trinajstić information content (AvgIpc) is 3.13. The molecule has 0 spiro atoms. The molecule has 0 saturated carbocycles. The number of hydrogen-bond acceptors (Lipinski definition) is 3. The van der Waals surface area contributed by atoms with Crippen molar-refractivity contribution >= 4 is 23.3 Å². The molecule has 6 nitrogen and oxygen atoms in total. The SMILES string of the molecule is Cn1nc(C(=O)Nc2ccn(Cc3cccc(Cl)c3)n2)cc1C(F)(F)F. The van der Waals surface area contributed by atoms with Crippen LogP contribution < -0.4 is 5.32 Å². The zero-order valence-electron chi connectivity index (χ0n) is 13.5. The summed E-state index contributed by atoms with van der Waals surface area (Å²) in [5.41, 5.74) is -0.434. The van der Waals surface area contributed by atoms with E-state index in [9.17, 15) is 18.0 Å². The van der Waals surface area contributed by atoms with E-state index >= 15 is 0 Å². The highest BCUT2D eigenvalue weighted by molar-refractivity contribution is 6.30. The van der Waals surface area contributed by atoms with Gasteiger partial charge in [0.25, 0.3) is 5.91 Å². The first-order chi connectivity index (χ1) is 12.2. The molecule has 1 N–H and O–H groups in total. The van der Waals surface area contributed by atoms with Crippen LogP contribution in [0.2, 0.25) is 5.02 Å². The zero-order chi connectivity index (χ0) is 18.9. The Balaban J connectivity index is 1.70. The number of carbonyl (C=O) groups is 1. The van der Waals surface area contributed by atoms with Gasteiger partial charge in [0.2, 0.25) is 0 Å². The Bertz CT molecular complexity index is 948. The summed E-state index contributed by atoms with van der Waals surface area (Å²) in [6, 6.07) is 9.45. The van der Waals surface area contributed by atoms with Crippen LogP contribution in [0.4, 0.5) is 19.0 Å². The van der Waals surface area contributed by atoms with Gasteiger partial charge in [-0.25, -0.2) is 0 Å². The average molecular weight is 384 g/mol. The molecule has 0 radical (unpaired) electrons. The fourth-order valence-electron chi connectivity index (χ4n) is 2.36. The van der Waals surface area contributed by atoms with Crippen molar-refractivity contribution in [1.82, 2.24) is 19.6 Å². The van der Waals surface area contributed by atoms with Gasteiger partial charge >= 0.3 is 6.18 Å². The number of aromatic nitrogens is 4. The Hall–Kier alpha value is -2.81. The highest BCUT2D eigenvalue weighted by atomic mass is 35.5. The van der Waals surface area contributed by atoms with Crippen LogP contribution in [0.5, 0.6) is 0 Å². The molecule has 1 amide bonds. The number of amides is 1. The normalized spacial score (nSPS) is 11.6. The van der Waals surface area contributed by atoms with Crippen LogP contribution in [0, 0.1) is 0 Å². The maximum absolute atomic E-state index is 12.8. The molecule has 136 valence electrons. The van der Waals surface area contributed by atoms with Gasteiger partial charge in [-0.15, -0.1) is 0 Å². The van der Waals surface area contributed by atoms with E-state index in [0.29, 0.717) is 22.3 Å². The molecule has 2 aromatic heterocycles. The van der Waals surface area contributed by atoms with Crippen molar-refractivity contribution in [2.45, 2.75) is 12.7 Å². The minimum atomic E-state index is -4.58. The van der Waals surface area contributed by atoms with Gasteiger partial charge in [-0.05, 0) is 17.7 Å². The van der Waals surface area contributed by atoms with Gasteiger partial charge in [0.1, 0.15) is 5.69 Å². The molecule has 0 bridgehead atoms. The van der Waals surface area contributed by atoms with E-state index in [1.165, 1.54) is 6.07 Å². The Morgan fingerprint density at radius 1 is 1.23 bits per heavy atom. The number of anilines is 1. The van der Waals surface area contributed by atoms with Gasteiger partial charge in [-0.2, -0.15) is 23.4 Å². The van der Waals surface area contributed by atoms with Crippen LogP contribution in [0.15, 0.2) is 42.6 Å². The van der Waals surface area contributed by atoms with Crippen molar-refractivity contribution in [2.24, 2.45) is 7.05 Å². The highest BCUT2D eigenvalue weighted by Crippen LogP contribution is 2.29. The largest absolute Gasteiger partial charge is 0.433 e. The van der Waals surface area contributed by atoms with E-state index in [-0.39, 0.29) is 11.5 Å². The molecular formula is C16H13ClF3N5O. The lowest BCUT2D eigenvalue weighted by molar-refractivity contribution is -0.143. The van der Waals surface area contributed by atoms with Gasteiger partial charge < -0.3 is 5.32 Å². The predicted molar refractivity (Wildman–Crippen MR) is 88.9 cm³/mol.